The van der Waals surface area contributed by atoms with Gasteiger partial charge in [-0.15, -0.1) is 0 Å². The predicted octanol–water partition coefficient (Wildman–Crippen LogP) is 27.9. The van der Waals surface area contributed by atoms with Crippen molar-refractivity contribution >= 4 is 144 Å². The molecule has 0 fully saturated rings. The molecule has 115 heavy (non-hydrogen) atoms. The minimum atomic E-state index is -0.352. The smallest absolute Gasteiger partial charge is 0.252 e. The summed E-state index contributed by atoms with van der Waals surface area (Å²) in [6.07, 6.45) is 0. The lowest BCUT2D eigenvalue weighted by Gasteiger charge is -2.46. The molecule has 0 saturated heterocycles. The molecule has 19 aromatic carbocycles. The lowest BCUT2D eigenvalue weighted by atomic mass is 9.33. The largest absolute Gasteiger partial charge is 0.310 e. The summed E-state index contributed by atoms with van der Waals surface area (Å²) in [5, 5.41) is 14.6. The molecule has 5 heteroatoms. The van der Waals surface area contributed by atoms with Crippen LogP contribution in [0.15, 0.2) is 400 Å². The molecular formula is C110H75BN4. The van der Waals surface area contributed by atoms with Crippen LogP contribution in [-0.2, 0) is 5.41 Å². The van der Waals surface area contributed by atoms with Gasteiger partial charge in [-0.1, -0.05) is 360 Å². The highest BCUT2D eigenvalue weighted by atomic mass is 15.2. The fourth-order valence-corrected chi connectivity index (χ4v) is 19.5. The highest BCUT2D eigenvalue weighted by Gasteiger charge is 2.46. The van der Waals surface area contributed by atoms with E-state index in [-0.39, 0.29) is 12.1 Å². The molecule has 0 amide bonds. The van der Waals surface area contributed by atoms with E-state index in [4.69, 9.17) is 0 Å². The number of hydrogen-bond donors (Lipinski definition) is 0. The van der Waals surface area contributed by atoms with Crippen LogP contribution in [0.2, 0.25) is 0 Å². The minimum absolute atomic E-state index is 0.280. The first-order valence-electron chi connectivity index (χ1n) is 40.2. The summed E-state index contributed by atoms with van der Waals surface area (Å²) in [7, 11) is 0. The molecule has 0 N–H and O–H groups in total. The molecule has 21 aromatic rings. The monoisotopic (exact) mass is 1460 g/mol. The summed E-state index contributed by atoms with van der Waals surface area (Å²) in [5.41, 5.74) is 32.0. The van der Waals surface area contributed by atoms with Crippen LogP contribution in [0.25, 0.3) is 165 Å². The van der Waals surface area contributed by atoms with Crippen molar-refractivity contribution in [1.82, 2.24) is 9.13 Å². The summed E-state index contributed by atoms with van der Waals surface area (Å²) in [6, 6.07) is 151. The maximum Gasteiger partial charge on any atom is 0.252 e. The van der Waals surface area contributed by atoms with E-state index in [0.29, 0.717) is 0 Å². The van der Waals surface area contributed by atoms with Gasteiger partial charge in [-0.2, -0.15) is 0 Å². The number of hydrogen-bond acceptors (Lipinski definition) is 2. The van der Waals surface area contributed by atoms with E-state index in [2.05, 4.69) is 440 Å². The Bertz CT molecular complexity index is 7010. The molecule has 23 rings (SSSR count). The average molecular weight is 1460 g/mol. The number of benzene rings is 19. The Hall–Kier alpha value is -14.5. The van der Waals surface area contributed by atoms with Crippen molar-refractivity contribution in [3.05, 3.63) is 406 Å². The zero-order valence-electron chi connectivity index (χ0n) is 64.0. The van der Waals surface area contributed by atoms with Crippen molar-refractivity contribution in [3.63, 3.8) is 0 Å². The molecule has 2 aliphatic heterocycles. The van der Waals surface area contributed by atoms with Crippen molar-refractivity contribution in [2.24, 2.45) is 0 Å². The quantitative estimate of drug-likeness (QED) is 0.127. The van der Waals surface area contributed by atoms with E-state index >= 15 is 0 Å². The van der Waals surface area contributed by atoms with Gasteiger partial charge in [0.15, 0.2) is 0 Å². The Morgan fingerprint density at radius 3 is 0.939 bits per heavy atom. The predicted molar refractivity (Wildman–Crippen MR) is 490 cm³/mol. The highest BCUT2D eigenvalue weighted by molar-refractivity contribution is 7.00. The maximum absolute atomic E-state index is 2.72. The first-order chi connectivity index (χ1) is 56.7. The topological polar surface area (TPSA) is 16.3 Å². The third-order valence-corrected chi connectivity index (χ3v) is 24.8. The highest BCUT2D eigenvalue weighted by Crippen LogP contribution is 2.55. The molecule has 4 nitrogen and oxygen atoms in total. The molecule has 0 spiro atoms. The van der Waals surface area contributed by atoms with Crippen LogP contribution in [-0.4, -0.2) is 15.8 Å². The van der Waals surface area contributed by atoms with Gasteiger partial charge in [-0.05, 0) is 165 Å². The molecule has 0 bridgehead atoms. The van der Waals surface area contributed by atoms with E-state index < -0.39 is 0 Å². The molecular weight excluding hydrogens is 1390 g/mol. The molecule has 0 saturated carbocycles. The molecule has 2 aliphatic rings. The normalized spacial score (nSPS) is 12.6. The van der Waals surface area contributed by atoms with Gasteiger partial charge in [0.05, 0.1) is 33.4 Å². The Morgan fingerprint density at radius 1 is 0.226 bits per heavy atom. The summed E-state index contributed by atoms with van der Waals surface area (Å²) < 4.78 is 5.17. The van der Waals surface area contributed by atoms with Crippen LogP contribution < -0.4 is 26.2 Å². The Kier molecular flexibility index (Phi) is 15.0. The van der Waals surface area contributed by atoms with Gasteiger partial charge in [0.25, 0.3) is 6.71 Å². The van der Waals surface area contributed by atoms with Crippen LogP contribution in [0.5, 0.6) is 0 Å². The van der Waals surface area contributed by atoms with Gasteiger partial charge in [0.1, 0.15) is 0 Å². The second kappa shape index (κ2) is 26.0. The summed E-state index contributed by atoms with van der Waals surface area (Å²) in [4.78, 5) is 5.43. The fraction of sp³-hybridized carbons (Fsp3) is 0.0364. The van der Waals surface area contributed by atoms with Crippen molar-refractivity contribution < 1.29 is 0 Å². The van der Waals surface area contributed by atoms with Gasteiger partial charge in [0, 0.05) is 88.7 Å². The number of aromatic nitrogens is 2. The zero-order valence-corrected chi connectivity index (χ0v) is 64.0. The third kappa shape index (κ3) is 10.4. The number of rotatable bonds is 10. The van der Waals surface area contributed by atoms with E-state index in [1.54, 1.807) is 0 Å². The minimum Gasteiger partial charge on any atom is -0.310 e. The standard InChI is InChI=1S/C110H75BN4/c1-110(2,3)80-66-103-105-104(67-80)115(107-91(74-32-12-6-13-33-74)50-27-51-92(107)75-34-14-7-15-35-75)102-69-82(113-100-63-55-79(86-47-25-41-71-37-17-21-43-84(71)86)65-96(100)94-59-53-77-39-19-23-45-88(77)109(94)113)57-61-98(102)111(105)97-60-56-81(68-101(97)114(103)106-89(72-28-8-4-9-29-72)48-26-49-90(106)73-30-10-5-11-31-73)112-99-62-54-78(85-46-24-40-70-36-16-20-42-83(70)85)64-95(99)93-58-52-76-38-18-22-44-87(76)108(93)112/h4-69H,1-3H3. The lowest BCUT2D eigenvalue weighted by molar-refractivity contribution is 0.590. The van der Waals surface area contributed by atoms with Gasteiger partial charge >= 0.3 is 0 Å². The van der Waals surface area contributed by atoms with E-state index in [1.807, 2.05) is 0 Å². The Labute approximate surface area is 668 Å². The van der Waals surface area contributed by atoms with Crippen LogP contribution in [0, 0.1) is 0 Å². The molecule has 0 atom stereocenters. The van der Waals surface area contributed by atoms with Crippen molar-refractivity contribution in [2.75, 3.05) is 9.80 Å². The van der Waals surface area contributed by atoms with Gasteiger partial charge in [-0.3, -0.25) is 0 Å². The molecule has 0 unspecified atom stereocenters. The lowest BCUT2D eigenvalue weighted by Crippen LogP contribution is -2.61. The second-order valence-corrected chi connectivity index (χ2v) is 32.2. The number of nitrogens with zero attached hydrogens (tertiary/aromatic N) is 4. The summed E-state index contributed by atoms with van der Waals surface area (Å²) >= 11 is 0. The first-order valence-corrected chi connectivity index (χ1v) is 40.2. The zero-order chi connectivity index (χ0) is 76.1. The van der Waals surface area contributed by atoms with Crippen LogP contribution in [0.3, 0.4) is 0 Å². The average Bonchev–Trinajstić information content (AvgIpc) is 0.931. The molecule has 2 aromatic heterocycles. The van der Waals surface area contributed by atoms with Crippen molar-refractivity contribution in [3.8, 4) is 78.1 Å². The van der Waals surface area contributed by atoms with Crippen LogP contribution in [0.1, 0.15) is 26.3 Å². The van der Waals surface area contributed by atoms with Gasteiger partial charge in [0.2, 0.25) is 0 Å². The molecule has 0 aliphatic carbocycles. The Balaban J connectivity index is 0.857. The van der Waals surface area contributed by atoms with Gasteiger partial charge in [-0.25, -0.2) is 0 Å². The number of para-hydroxylation sites is 2. The second-order valence-electron chi connectivity index (χ2n) is 32.2. The SMILES string of the molecule is CC(C)(C)c1cc2c3c(c1)N(c1c(-c4ccccc4)cccc1-c1ccccc1)c1cc(-n4c5ccc(-c6cccc7ccccc67)cc5c5ccc6ccccc6c54)ccc1B3c1ccc(-n3c4ccc(-c5cccc6ccccc56)cc4c4ccc5ccccc5c43)cc1N2c1c(-c2ccccc2)cccc1-c1ccccc1. The van der Waals surface area contributed by atoms with E-state index in [1.165, 1.54) is 120 Å². The van der Waals surface area contributed by atoms with Crippen molar-refractivity contribution in [2.45, 2.75) is 26.2 Å². The molecule has 538 valence electrons. The molecule has 4 heterocycles. The summed E-state index contributed by atoms with van der Waals surface area (Å²) in [5.74, 6) is 0. The fourth-order valence-electron chi connectivity index (χ4n) is 19.5. The van der Waals surface area contributed by atoms with Crippen LogP contribution >= 0.6 is 0 Å². The number of fused-ring (bicyclic) bond motifs is 16. The van der Waals surface area contributed by atoms with E-state index in [0.717, 1.165) is 101 Å². The van der Waals surface area contributed by atoms with Gasteiger partial charge < -0.3 is 18.9 Å². The summed E-state index contributed by atoms with van der Waals surface area (Å²) in [6.45, 7) is 6.91. The molecule has 0 radical (unpaired) electrons. The third-order valence-electron chi connectivity index (χ3n) is 24.8. The van der Waals surface area contributed by atoms with E-state index in [9.17, 15) is 0 Å². The Morgan fingerprint density at radius 2 is 0.557 bits per heavy atom. The van der Waals surface area contributed by atoms with Crippen molar-refractivity contribution in [1.29, 1.82) is 0 Å². The maximum atomic E-state index is 2.72. The van der Waals surface area contributed by atoms with Crippen LogP contribution in [0.4, 0.5) is 34.1 Å². The first kappa shape index (κ1) is 66.3. The number of anilines is 6.